The summed E-state index contributed by atoms with van der Waals surface area (Å²) < 4.78 is 11.1. The molecule has 1 aromatic rings. The van der Waals surface area contributed by atoms with Gasteiger partial charge in [-0.05, 0) is 50.5 Å². The zero-order chi connectivity index (χ0) is 15.2. The number of carbonyl (C=O) groups is 1. The summed E-state index contributed by atoms with van der Waals surface area (Å²) in [5.41, 5.74) is 2.32. The van der Waals surface area contributed by atoms with E-state index in [1.807, 2.05) is 6.07 Å². The van der Waals surface area contributed by atoms with E-state index in [1.165, 1.54) is 18.4 Å². The van der Waals surface area contributed by atoms with Crippen LogP contribution < -0.4 is 10.1 Å². The van der Waals surface area contributed by atoms with Crippen LogP contribution >= 0.6 is 0 Å². The third kappa shape index (κ3) is 3.97. The van der Waals surface area contributed by atoms with Gasteiger partial charge in [-0.2, -0.15) is 0 Å². The van der Waals surface area contributed by atoms with Crippen LogP contribution in [0.5, 0.6) is 5.75 Å². The molecular formula is C17H24N2O3. The van der Waals surface area contributed by atoms with E-state index in [1.54, 1.807) is 6.20 Å². The lowest BCUT2D eigenvalue weighted by Gasteiger charge is -2.22. The van der Waals surface area contributed by atoms with Crippen molar-refractivity contribution in [3.05, 3.63) is 23.5 Å². The maximum Gasteiger partial charge on any atom is 0.257 e. The second-order valence-corrected chi connectivity index (χ2v) is 6.09. The molecule has 0 unspecified atom stereocenters. The predicted octanol–water partition coefficient (Wildman–Crippen LogP) is 1.88. The van der Waals surface area contributed by atoms with E-state index in [-0.39, 0.29) is 12.5 Å². The highest BCUT2D eigenvalue weighted by Gasteiger charge is 2.17. The number of hydrogen-bond acceptors (Lipinski definition) is 4. The lowest BCUT2D eigenvalue weighted by molar-refractivity contribution is -0.123. The molecule has 3 rings (SSSR count). The Bertz CT molecular complexity index is 513. The number of aromatic nitrogens is 1. The molecule has 0 radical (unpaired) electrons. The Morgan fingerprint density at radius 2 is 2.14 bits per heavy atom. The molecule has 1 aromatic heterocycles. The summed E-state index contributed by atoms with van der Waals surface area (Å²) in [6.45, 7) is 2.42. The number of nitrogens with zero attached hydrogens (tertiary/aromatic N) is 1. The van der Waals surface area contributed by atoms with Crippen LogP contribution in [0.1, 0.15) is 36.9 Å². The van der Waals surface area contributed by atoms with Gasteiger partial charge in [0.1, 0.15) is 5.75 Å². The van der Waals surface area contributed by atoms with Crippen LogP contribution in [0.3, 0.4) is 0 Å². The standard InChI is InChI=1S/C17H24N2O3/c20-17(19-11-13-6-9-21-10-7-13)12-22-16-5-8-18-15-4-2-1-3-14(15)16/h5,8,13H,1-4,6-7,9-12H2,(H,19,20). The van der Waals surface area contributed by atoms with Crippen molar-refractivity contribution in [2.24, 2.45) is 5.92 Å². The minimum Gasteiger partial charge on any atom is -0.483 e. The summed E-state index contributed by atoms with van der Waals surface area (Å²) in [4.78, 5) is 16.4. The topological polar surface area (TPSA) is 60.5 Å². The van der Waals surface area contributed by atoms with Gasteiger partial charge in [0.2, 0.25) is 0 Å². The molecular weight excluding hydrogens is 280 g/mol. The molecule has 5 heteroatoms. The monoisotopic (exact) mass is 304 g/mol. The molecule has 0 saturated carbocycles. The van der Waals surface area contributed by atoms with Crippen LogP contribution in [-0.2, 0) is 22.4 Å². The van der Waals surface area contributed by atoms with Crippen molar-refractivity contribution in [3.8, 4) is 5.75 Å². The summed E-state index contributed by atoms with van der Waals surface area (Å²) >= 11 is 0. The molecule has 1 aliphatic carbocycles. The summed E-state index contributed by atoms with van der Waals surface area (Å²) in [7, 11) is 0. The normalized spacial score (nSPS) is 18.5. The Balaban J connectivity index is 1.46. The van der Waals surface area contributed by atoms with Crippen molar-refractivity contribution in [3.63, 3.8) is 0 Å². The van der Waals surface area contributed by atoms with Crippen LogP contribution in [0.2, 0.25) is 0 Å². The number of rotatable bonds is 5. The minimum absolute atomic E-state index is 0.0483. The van der Waals surface area contributed by atoms with Gasteiger partial charge in [0.05, 0.1) is 0 Å². The molecule has 0 atom stereocenters. The van der Waals surface area contributed by atoms with E-state index in [0.717, 1.165) is 56.9 Å². The molecule has 1 saturated heterocycles. The van der Waals surface area contributed by atoms with E-state index in [9.17, 15) is 4.79 Å². The van der Waals surface area contributed by atoms with Crippen LogP contribution in [0.15, 0.2) is 12.3 Å². The summed E-state index contributed by atoms with van der Waals surface area (Å²) in [5.74, 6) is 1.31. The van der Waals surface area contributed by atoms with Gasteiger partial charge in [0.25, 0.3) is 5.91 Å². The second kappa shape index (κ2) is 7.58. The lowest BCUT2D eigenvalue weighted by Crippen LogP contribution is -2.35. The van der Waals surface area contributed by atoms with E-state index in [2.05, 4.69) is 10.3 Å². The van der Waals surface area contributed by atoms with Crippen molar-refractivity contribution in [2.45, 2.75) is 38.5 Å². The number of pyridine rings is 1. The maximum absolute atomic E-state index is 11.9. The average molecular weight is 304 g/mol. The van der Waals surface area contributed by atoms with E-state index in [0.29, 0.717) is 5.92 Å². The van der Waals surface area contributed by atoms with Gasteiger partial charge >= 0.3 is 0 Å². The third-order valence-electron chi connectivity index (χ3n) is 4.48. The Morgan fingerprint density at radius 3 is 3.00 bits per heavy atom. The molecule has 0 spiro atoms. The minimum atomic E-state index is -0.0483. The van der Waals surface area contributed by atoms with Gasteiger partial charge < -0.3 is 14.8 Å². The molecule has 1 N–H and O–H groups in total. The number of amides is 1. The quantitative estimate of drug-likeness (QED) is 0.902. The highest BCUT2D eigenvalue weighted by Crippen LogP contribution is 2.27. The molecule has 1 amide bonds. The highest BCUT2D eigenvalue weighted by atomic mass is 16.5. The van der Waals surface area contributed by atoms with E-state index >= 15 is 0 Å². The van der Waals surface area contributed by atoms with Crippen LogP contribution in [-0.4, -0.2) is 37.3 Å². The van der Waals surface area contributed by atoms with Gasteiger partial charge in [0, 0.05) is 37.2 Å². The number of ether oxygens (including phenoxy) is 2. The van der Waals surface area contributed by atoms with Gasteiger partial charge in [-0.25, -0.2) is 0 Å². The fourth-order valence-corrected chi connectivity index (χ4v) is 3.13. The van der Waals surface area contributed by atoms with Gasteiger partial charge in [-0.15, -0.1) is 0 Å². The number of hydrogen-bond donors (Lipinski definition) is 1. The molecule has 2 aliphatic rings. The molecule has 0 bridgehead atoms. The fourth-order valence-electron chi connectivity index (χ4n) is 3.13. The molecule has 1 aliphatic heterocycles. The molecule has 0 aromatic carbocycles. The van der Waals surface area contributed by atoms with E-state index in [4.69, 9.17) is 9.47 Å². The van der Waals surface area contributed by atoms with Crippen molar-refractivity contribution in [1.82, 2.24) is 10.3 Å². The number of nitrogens with one attached hydrogen (secondary N) is 1. The van der Waals surface area contributed by atoms with Crippen LogP contribution in [0.4, 0.5) is 0 Å². The average Bonchev–Trinajstić information content (AvgIpc) is 2.59. The first-order chi connectivity index (χ1) is 10.8. The second-order valence-electron chi connectivity index (χ2n) is 6.09. The number of aryl methyl sites for hydroxylation is 1. The van der Waals surface area contributed by atoms with Crippen LogP contribution in [0, 0.1) is 5.92 Å². The Hall–Kier alpha value is -1.62. The summed E-state index contributed by atoms with van der Waals surface area (Å²) in [6.07, 6.45) is 8.21. The van der Waals surface area contributed by atoms with Gasteiger partial charge in [-0.1, -0.05) is 0 Å². The number of fused-ring (bicyclic) bond motifs is 1. The predicted molar refractivity (Wildman–Crippen MR) is 82.9 cm³/mol. The van der Waals surface area contributed by atoms with Crippen molar-refractivity contribution in [1.29, 1.82) is 0 Å². The molecule has 120 valence electrons. The first kappa shape index (κ1) is 15.3. The van der Waals surface area contributed by atoms with E-state index < -0.39 is 0 Å². The molecule has 1 fully saturated rings. The maximum atomic E-state index is 11.9. The van der Waals surface area contributed by atoms with Crippen molar-refractivity contribution < 1.29 is 14.3 Å². The summed E-state index contributed by atoms with van der Waals surface area (Å²) in [5, 5.41) is 2.97. The zero-order valence-corrected chi connectivity index (χ0v) is 13.0. The van der Waals surface area contributed by atoms with Gasteiger partial charge in [-0.3, -0.25) is 9.78 Å². The Morgan fingerprint density at radius 1 is 1.32 bits per heavy atom. The summed E-state index contributed by atoms with van der Waals surface area (Å²) in [6, 6.07) is 1.87. The molecule has 22 heavy (non-hydrogen) atoms. The van der Waals surface area contributed by atoms with Gasteiger partial charge in [0.15, 0.2) is 6.61 Å². The zero-order valence-electron chi connectivity index (χ0n) is 13.0. The SMILES string of the molecule is O=C(COc1ccnc2c1CCCC2)NCC1CCOCC1. The first-order valence-electron chi connectivity index (χ1n) is 8.27. The lowest BCUT2D eigenvalue weighted by atomic mass is 9.95. The smallest absolute Gasteiger partial charge is 0.257 e. The fraction of sp³-hybridized carbons (Fsp3) is 0.647. The number of carbonyl (C=O) groups excluding carboxylic acids is 1. The van der Waals surface area contributed by atoms with Crippen LogP contribution in [0.25, 0.3) is 0 Å². The Labute approximate surface area is 131 Å². The molecule has 2 heterocycles. The largest absolute Gasteiger partial charge is 0.483 e. The molecule has 5 nitrogen and oxygen atoms in total. The Kier molecular flexibility index (Phi) is 5.27. The van der Waals surface area contributed by atoms with Crippen molar-refractivity contribution in [2.75, 3.05) is 26.4 Å². The highest BCUT2D eigenvalue weighted by molar-refractivity contribution is 5.77. The third-order valence-corrected chi connectivity index (χ3v) is 4.48. The van der Waals surface area contributed by atoms with Crippen molar-refractivity contribution >= 4 is 5.91 Å². The first-order valence-corrected chi connectivity index (χ1v) is 8.27.